The Balaban J connectivity index is 1.36. The van der Waals surface area contributed by atoms with Gasteiger partial charge in [0.2, 0.25) is 0 Å². The number of fused-ring (bicyclic) bond motifs is 1. The van der Waals surface area contributed by atoms with Crippen LogP contribution in [0.2, 0.25) is 0 Å². The van der Waals surface area contributed by atoms with Crippen molar-refractivity contribution in [2.75, 3.05) is 37.7 Å². The Morgan fingerprint density at radius 1 is 1.19 bits per heavy atom. The fourth-order valence-electron chi connectivity index (χ4n) is 3.04. The van der Waals surface area contributed by atoms with Gasteiger partial charge in [0.15, 0.2) is 5.13 Å². The van der Waals surface area contributed by atoms with Crippen LogP contribution < -0.4 is 9.64 Å². The number of anilines is 1. The van der Waals surface area contributed by atoms with Crippen molar-refractivity contribution in [3.8, 4) is 5.75 Å². The Bertz CT molecular complexity index is 606. The van der Waals surface area contributed by atoms with Gasteiger partial charge in [-0.2, -0.15) is 0 Å². The highest BCUT2D eigenvalue weighted by molar-refractivity contribution is 7.13. The van der Waals surface area contributed by atoms with Gasteiger partial charge in [-0.15, -0.1) is 11.3 Å². The molecular weight excluding hydrogens is 282 g/mol. The molecule has 1 aromatic heterocycles. The zero-order valence-corrected chi connectivity index (χ0v) is 12.8. The molecule has 1 saturated heterocycles. The number of hydrogen-bond donors (Lipinski definition) is 0. The molecule has 4 nitrogen and oxygen atoms in total. The van der Waals surface area contributed by atoms with Crippen LogP contribution in [0, 0.1) is 0 Å². The van der Waals surface area contributed by atoms with Gasteiger partial charge in [-0.1, -0.05) is 12.1 Å². The molecule has 1 fully saturated rings. The van der Waals surface area contributed by atoms with Crippen LogP contribution in [-0.4, -0.2) is 42.7 Å². The first kappa shape index (κ1) is 13.1. The van der Waals surface area contributed by atoms with E-state index in [1.807, 2.05) is 11.6 Å². The van der Waals surface area contributed by atoms with Crippen molar-refractivity contribution in [2.24, 2.45) is 0 Å². The predicted molar refractivity (Wildman–Crippen MR) is 85.2 cm³/mol. The maximum atomic E-state index is 5.66. The van der Waals surface area contributed by atoms with Gasteiger partial charge in [-0.3, -0.25) is 4.90 Å². The van der Waals surface area contributed by atoms with E-state index in [9.17, 15) is 0 Å². The molecule has 5 heteroatoms. The highest BCUT2D eigenvalue weighted by Crippen LogP contribution is 2.27. The van der Waals surface area contributed by atoms with E-state index in [1.54, 1.807) is 11.3 Å². The number of ether oxygens (including phenoxy) is 1. The molecule has 0 radical (unpaired) electrons. The number of nitrogens with zero attached hydrogens (tertiary/aromatic N) is 3. The van der Waals surface area contributed by atoms with Crippen LogP contribution in [0.3, 0.4) is 0 Å². The van der Waals surface area contributed by atoms with Gasteiger partial charge in [-0.05, 0) is 17.2 Å². The maximum absolute atomic E-state index is 5.66. The first-order chi connectivity index (χ1) is 10.4. The van der Waals surface area contributed by atoms with Crippen molar-refractivity contribution < 1.29 is 4.74 Å². The molecule has 0 aliphatic carbocycles. The quantitative estimate of drug-likeness (QED) is 0.870. The third kappa shape index (κ3) is 2.76. The average Bonchev–Trinajstić information content (AvgIpc) is 3.19. The summed E-state index contributed by atoms with van der Waals surface area (Å²) in [5.74, 6) is 1.09. The number of piperazine rings is 1. The van der Waals surface area contributed by atoms with E-state index < -0.39 is 0 Å². The summed E-state index contributed by atoms with van der Waals surface area (Å²) in [6, 6.07) is 6.69. The molecule has 21 heavy (non-hydrogen) atoms. The van der Waals surface area contributed by atoms with E-state index in [0.717, 1.165) is 56.6 Å². The van der Waals surface area contributed by atoms with Crippen LogP contribution in [0.5, 0.6) is 5.75 Å². The highest BCUT2D eigenvalue weighted by atomic mass is 32.1. The average molecular weight is 301 g/mol. The van der Waals surface area contributed by atoms with Crippen molar-refractivity contribution >= 4 is 16.5 Å². The van der Waals surface area contributed by atoms with E-state index in [0.29, 0.717) is 0 Å². The summed E-state index contributed by atoms with van der Waals surface area (Å²) in [5, 5.41) is 3.20. The van der Waals surface area contributed by atoms with Gasteiger partial charge in [0, 0.05) is 50.7 Å². The van der Waals surface area contributed by atoms with E-state index in [4.69, 9.17) is 4.74 Å². The minimum Gasteiger partial charge on any atom is -0.493 e. The lowest BCUT2D eigenvalue weighted by molar-refractivity contribution is 0.249. The smallest absolute Gasteiger partial charge is 0.185 e. The number of thiazole rings is 1. The predicted octanol–water partition coefficient (Wildman–Crippen LogP) is 2.40. The zero-order chi connectivity index (χ0) is 14.1. The summed E-state index contributed by atoms with van der Waals surface area (Å²) in [5.41, 5.74) is 2.71. The molecule has 2 aliphatic heterocycles. The van der Waals surface area contributed by atoms with Gasteiger partial charge in [0.1, 0.15) is 5.75 Å². The molecule has 0 bridgehead atoms. The zero-order valence-electron chi connectivity index (χ0n) is 12.0. The topological polar surface area (TPSA) is 28.6 Å². The van der Waals surface area contributed by atoms with Crippen LogP contribution in [0.4, 0.5) is 5.13 Å². The summed E-state index contributed by atoms with van der Waals surface area (Å²) >= 11 is 1.73. The van der Waals surface area contributed by atoms with Gasteiger partial charge >= 0.3 is 0 Å². The minimum atomic E-state index is 0.839. The fourth-order valence-corrected chi connectivity index (χ4v) is 3.73. The van der Waals surface area contributed by atoms with Crippen molar-refractivity contribution in [3.05, 3.63) is 40.9 Å². The Morgan fingerprint density at radius 3 is 2.90 bits per heavy atom. The SMILES string of the molecule is c1csc(N2CCN(Cc3ccc4c(c3)OCC4)CC2)n1. The lowest BCUT2D eigenvalue weighted by atomic mass is 10.1. The third-order valence-corrected chi connectivity index (χ3v) is 5.06. The Hall–Kier alpha value is -1.59. The third-order valence-electron chi connectivity index (χ3n) is 4.23. The molecule has 0 unspecified atom stereocenters. The first-order valence-electron chi connectivity index (χ1n) is 7.50. The van der Waals surface area contributed by atoms with Crippen LogP contribution in [0.25, 0.3) is 0 Å². The monoisotopic (exact) mass is 301 g/mol. The van der Waals surface area contributed by atoms with Crippen molar-refractivity contribution in [1.29, 1.82) is 0 Å². The van der Waals surface area contributed by atoms with Crippen molar-refractivity contribution in [3.63, 3.8) is 0 Å². The molecule has 3 heterocycles. The van der Waals surface area contributed by atoms with Crippen molar-refractivity contribution in [2.45, 2.75) is 13.0 Å². The Kier molecular flexibility index (Phi) is 3.53. The second-order valence-electron chi connectivity index (χ2n) is 5.62. The minimum absolute atomic E-state index is 0.839. The normalized spacial score (nSPS) is 18.6. The van der Waals surface area contributed by atoms with Crippen LogP contribution in [-0.2, 0) is 13.0 Å². The van der Waals surface area contributed by atoms with Gasteiger partial charge in [-0.25, -0.2) is 4.98 Å². The molecule has 2 aliphatic rings. The molecule has 110 valence electrons. The standard InChI is InChI=1S/C16H19N3OS/c1-2-14-3-9-20-15(14)11-13(1)12-18-5-7-19(8-6-18)16-17-4-10-21-16/h1-2,4,10-11H,3,5-9,12H2. The molecule has 0 spiro atoms. The summed E-state index contributed by atoms with van der Waals surface area (Å²) in [7, 11) is 0. The molecule has 0 N–H and O–H groups in total. The summed E-state index contributed by atoms with van der Waals surface area (Å²) in [6.07, 6.45) is 2.94. The molecule has 0 amide bonds. The maximum Gasteiger partial charge on any atom is 0.185 e. The van der Waals surface area contributed by atoms with Gasteiger partial charge in [0.25, 0.3) is 0 Å². The van der Waals surface area contributed by atoms with E-state index in [1.165, 1.54) is 11.1 Å². The summed E-state index contributed by atoms with van der Waals surface area (Å²) in [6.45, 7) is 6.17. The molecule has 1 aromatic carbocycles. The van der Waals surface area contributed by atoms with Crippen LogP contribution in [0.15, 0.2) is 29.8 Å². The van der Waals surface area contributed by atoms with Crippen LogP contribution >= 0.6 is 11.3 Å². The van der Waals surface area contributed by atoms with E-state index in [-0.39, 0.29) is 0 Å². The second kappa shape index (κ2) is 5.66. The molecule has 2 aromatic rings. The first-order valence-corrected chi connectivity index (χ1v) is 8.38. The lowest BCUT2D eigenvalue weighted by Gasteiger charge is -2.34. The lowest BCUT2D eigenvalue weighted by Crippen LogP contribution is -2.45. The highest BCUT2D eigenvalue weighted by Gasteiger charge is 2.19. The number of rotatable bonds is 3. The number of hydrogen-bond acceptors (Lipinski definition) is 5. The van der Waals surface area contributed by atoms with E-state index in [2.05, 4.69) is 33.0 Å². The van der Waals surface area contributed by atoms with Gasteiger partial charge < -0.3 is 9.64 Å². The molecule has 0 atom stereocenters. The van der Waals surface area contributed by atoms with Crippen LogP contribution in [0.1, 0.15) is 11.1 Å². The van der Waals surface area contributed by atoms with E-state index >= 15 is 0 Å². The number of benzene rings is 1. The fraction of sp³-hybridized carbons (Fsp3) is 0.438. The molecule has 4 rings (SSSR count). The summed E-state index contributed by atoms with van der Waals surface area (Å²) in [4.78, 5) is 9.29. The largest absolute Gasteiger partial charge is 0.493 e. The Labute approximate surface area is 129 Å². The summed E-state index contributed by atoms with van der Waals surface area (Å²) < 4.78 is 5.66. The second-order valence-corrected chi connectivity index (χ2v) is 6.49. The molecule has 0 saturated carbocycles. The van der Waals surface area contributed by atoms with Crippen molar-refractivity contribution in [1.82, 2.24) is 9.88 Å². The Morgan fingerprint density at radius 2 is 2.10 bits per heavy atom. The van der Waals surface area contributed by atoms with Gasteiger partial charge in [0.05, 0.1) is 6.61 Å². The molecular formula is C16H19N3OS. The number of aromatic nitrogens is 1.